The number of hydrogen-bond acceptors (Lipinski definition) is 3. The SMILES string of the molecule is CCNCC(=Cc1cnn(-c2ccccc2)n1)CC. The van der Waals surface area contributed by atoms with Crippen LogP contribution in [0.3, 0.4) is 0 Å². The van der Waals surface area contributed by atoms with Gasteiger partial charge in [-0.2, -0.15) is 9.90 Å². The van der Waals surface area contributed by atoms with Crippen molar-refractivity contribution in [1.29, 1.82) is 0 Å². The molecule has 100 valence electrons. The summed E-state index contributed by atoms with van der Waals surface area (Å²) in [6.07, 6.45) is 4.93. The Morgan fingerprint density at radius 1 is 1.26 bits per heavy atom. The second-order valence-corrected chi connectivity index (χ2v) is 4.33. The number of nitrogens with one attached hydrogen (secondary N) is 1. The minimum Gasteiger partial charge on any atom is -0.313 e. The molecular weight excluding hydrogens is 236 g/mol. The molecule has 0 bridgehead atoms. The van der Waals surface area contributed by atoms with Gasteiger partial charge in [0.05, 0.1) is 11.9 Å². The van der Waals surface area contributed by atoms with Crippen LogP contribution in [-0.2, 0) is 0 Å². The second-order valence-electron chi connectivity index (χ2n) is 4.33. The second kappa shape index (κ2) is 6.85. The maximum Gasteiger partial charge on any atom is 0.106 e. The molecule has 19 heavy (non-hydrogen) atoms. The molecular formula is C15H20N4. The Labute approximate surface area is 114 Å². The van der Waals surface area contributed by atoms with Gasteiger partial charge in [0.15, 0.2) is 0 Å². The van der Waals surface area contributed by atoms with Crippen LogP contribution in [0.2, 0.25) is 0 Å². The van der Waals surface area contributed by atoms with Gasteiger partial charge in [0, 0.05) is 6.54 Å². The molecule has 1 N–H and O–H groups in total. The number of aromatic nitrogens is 3. The zero-order chi connectivity index (χ0) is 13.5. The minimum atomic E-state index is 0.901. The van der Waals surface area contributed by atoms with Crippen molar-refractivity contribution in [3.8, 4) is 5.69 Å². The number of hydrogen-bond donors (Lipinski definition) is 1. The summed E-state index contributed by atoms with van der Waals surface area (Å²) >= 11 is 0. The average Bonchev–Trinajstić information content (AvgIpc) is 2.93. The lowest BCUT2D eigenvalue weighted by atomic mass is 10.1. The first kappa shape index (κ1) is 13.5. The Morgan fingerprint density at radius 3 is 2.74 bits per heavy atom. The van der Waals surface area contributed by atoms with Gasteiger partial charge < -0.3 is 5.32 Å². The van der Waals surface area contributed by atoms with Crippen molar-refractivity contribution in [2.45, 2.75) is 20.3 Å². The zero-order valence-corrected chi connectivity index (χ0v) is 11.5. The van der Waals surface area contributed by atoms with Crippen LogP contribution in [0.4, 0.5) is 0 Å². The number of benzene rings is 1. The summed E-state index contributed by atoms with van der Waals surface area (Å²) in [5.74, 6) is 0. The molecule has 1 heterocycles. The summed E-state index contributed by atoms with van der Waals surface area (Å²) in [5, 5.41) is 12.1. The Morgan fingerprint density at radius 2 is 2.05 bits per heavy atom. The van der Waals surface area contributed by atoms with Crippen LogP contribution < -0.4 is 5.32 Å². The molecule has 0 aliphatic heterocycles. The average molecular weight is 256 g/mol. The lowest BCUT2D eigenvalue weighted by Gasteiger charge is -2.03. The van der Waals surface area contributed by atoms with Crippen molar-refractivity contribution < 1.29 is 0 Å². The Hall–Kier alpha value is -1.94. The Balaban J connectivity index is 2.14. The van der Waals surface area contributed by atoms with Crippen LogP contribution >= 0.6 is 0 Å². The van der Waals surface area contributed by atoms with Crippen molar-refractivity contribution in [1.82, 2.24) is 20.3 Å². The van der Waals surface area contributed by atoms with Crippen LogP contribution in [0, 0.1) is 0 Å². The van der Waals surface area contributed by atoms with Gasteiger partial charge in [-0.15, -0.1) is 5.10 Å². The highest BCUT2D eigenvalue weighted by Gasteiger charge is 2.01. The van der Waals surface area contributed by atoms with Crippen LogP contribution in [-0.4, -0.2) is 28.1 Å². The minimum absolute atomic E-state index is 0.901. The van der Waals surface area contributed by atoms with E-state index in [2.05, 4.69) is 35.4 Å². The molecule has 0 spiro atoms. The van der Waals surface area contributed by atoms with Crippen molar-refractivity contribution in [3.05, 3.63) is 47.8 Å². The third-order valence-corrected chi connectivity index (χ3v) is 2.90. The van der Waals surface area contributed by atoms with Crippen LogP contribution in [0.15, 0.2) is 42.1 Å². The molecule has 4 nitrogen and oxygen atoms in total. The quantitative estimate of drug-likeness (QED) is 0.864. The Bertz CT molecular complexity index is 528. The highest BCUT2D eigenvalue weighted by atomic mass is 15.5. The van der Waals surface area contributed by atoms with Gasteiger partial charge >= 0.3 is 0 Å². The number of rotatable bonds is 6. The number of para-hydroxylation sites is 1. The third kappa shape index (κ3) is 3.76. The van der Waals surface area contributed by atoms with E-state index in [0.717, 1.165) is 30.9 Å². The van der Waals surface area contributed by atoms with E-state index in [9.17, 15) is 0 Å². The van der Waals surface area contributed by atoms with E-state index in [1.165, 1.54) is 5.57 Å². The molecule has 0 saturated heterocycles. The fraction of sp³-hybridized carbons (Fsp3) is 0.333. The van der Waals surface area contributed by atoms with Crippen molar-refractivity contribution >= 4 is 6.08 Å². The summed E-state index contributed by atoms with van der Waals surface area (Å²) in [4.78, 5) is 1.66. The monoisotopic (exact) mass is 256 g/mol. The molecule has 0 fully saturated rings. The first-order chi connectivity index (χ1) is 9.33. The van der Waals surface area contributed by atoms with E-state index in [-0.39, 0.29) is 0 Å². The molecule has 0 aliphatic rings. The summed E-state index contributed by atoms with van der Waals surface area (Å²) in [6, 6.07) is 9.94. The maximum atomic E-state index is 4.48. The predicted octanol–water partition coefficient (Wildman–Crippen LogP) is 2.67. The molecule has 2 aromatic rings. The highest BCUT2D eigenvalue weighted by molar-refractivity contribution is 5.48. The summed E-state index contributed by atoms with van der Waals surface area (Å²) in [6.45, 7) is 6.16. The molecule has 4 heteroatoms. The summed E-state index contributed by atoms with van der Waals surface area (Å²) in [7, 11) is 0. The molecule has 0 unspecified atom stereocenters. The van der Waals surface area contributed by atoms with Gasteiger partial charge in [-0.1, -0.05) is 37.6 Å². The first-order valence-corrected chi connectivity index (χ1v) is 6.71. The largest absolute Gasteiger partial charge is 0.313 e. The summed E-state index contributed by atoms with van der Waals surface area (Å²) < 4.78 is 0. The van der Waals surface area contributed by atoms with Crippen LogP contribution in [0.1, 0.15) is 26.0 Å². The molecule has 2 rings (SSSR count). The zero-order valence-electron chi connectivity index (χ0n) is 11.5. The van der Waals surface area contributed by atoms with Crippen molar-refractivity contribution in [3.63, 3.8) is 0 Å². The van der Waals surface area contributed by atoms with Crippen LogP contribution in [0.5, 0.6) is 0 Å². The smallest absolute Gasteiger partial charge is 0.106 e. The van der Waals surface area contributed by atoms with E-state index in [0.29, 0.717) is 0 Å². The predicted molar refractivity (Wildman–Crippen MR) is 78.2 cm³/mol. The number of nitrogens with zero attached hydrogens (tertiary/aromatic N) is 3. The van der Waals surface area contributed by atoms with Gasteiger partial charge in [-0.25, -0.2) is 0 Å². The number of likely N-dealkylation sites (N-methyl/N-ethyl adjacent to an activating group) is 1. The standard InChI is InChI=1S/C15H20N4/c1-3-13(11-16-4-2)10-14-12-17-19(18-14)15-8-6-5-7-9-15/h5-10,12,16H,3-4,11H2,1-2H3. The van der Waals surface area contributed by atoms with E-state index >= 15 is 0 Å². The molecule has 1 aromatic carbocycles. The topological polar surface area (TPSA) is 42.7 Å². The van der Waals surface area contributed by atoms with Gasteiger partial charge in [0.1, 0.15) is 5.69 Å². The fourth-order valence-corrected chi connectivity index (χ4v) is 1.80. The molecule has 0 radical (unpaired) electrons. The molecule has 0 saturated carbocycles. The molecule has 0 atom stereocenters. The highest BCUT2D eigenvalue weighted by Crippen LogP contribution is 2.08. The van der Waals surface area contributed by atoms with Crippen LogP contribution in [0.25, 0.3) is 11.8 Å². The van der Waals surface area contributed by atoms with E-state index in [1.807, 2.05) is 30.3 Å². The lowest BCUT2D eigenvalue weighted by Crippen LogP contribution is -2.15. The van der Waals surface area contributed by atoms with Gasteiger partial charge in [0.25, 0.3) is 0 Å². The van der Waals surface area contributed by atoms with E-state index in [1.54, 1.807) is 11.0 Å². The normalized spacial score (nSPS) is 11.8. The molecule has 0 aliphatic carbocycles. The molecule has 1 aromatic heterocycles. The van der Waals surface area contributed by atoms with E-state index in [4.69, 9.17) is 0 Å². The molecule has 0 amide bonds. The third-order valence-electron chi connectivity index (χ3n) is 2.90. The Kier molecular flexibility index (Phi) is 4.86. The lowest BCUT2D eigenvalue weighted by molar-refractivity contribution is 0.748. The summed E-state index contributed by atoms with van der Waals surface area (Å²) in [5.41, 5.74) is 3.22. The maximum absolute atomic E-state index is 4.48. The van der Waals surface area contributed by atoms with Gasteiger partial charge in [-0.05, 0) is 31.2 Å². The van der Waals surface area contributed by atoms with Crippen molar-refractivity contribution in [2.24, 2.45) is 0 Å². The van der Waals surface area contributed by atoms with Gasteiger partial charge in [0.2, 0.25) is 0 Å². The fourth-order valence-electron chi connectivity index (χ4n) is 1.80. The van der Waals surface area contributed by atoms with Crippen molar-refractivity contribution in [2.75, 3.05) is 13.1 Å². The van der Waals surface area contributed by atoms with Gasteiger partial charge in [-0.3, -0.25) is 0 Å². The van der Waals surface area contributed by atoms with E-state index < -0.39 is 0 Å². The first-order valence-electron chi connectivity index (χ1n) is 6.71.